The molecule has 2 atom stereocenters. The van der Waals surface area contributed by atoms with Crippen molar-refractivity contribution < 1.29 is 8.42 Å². The first kappa shape index (κ1) is 15.7. The molecule has 18 heavy (non-hydrogen) atoms. The molecule has 0 saturated heterocycles. The lowest BCUT2D eigenvalue weighted by Crippen LogP contribution is -2.39. The van der Waals surface area contributed by atoms with Gasteiger partial charge in [0.05, 0.1) is 5.75 Å². The lowest BCUT2D eigenvalue weighted by molar-refractivity contribution is 0.484. The second-order valence-corrected chi connectivity index (χ2v) is 7.11. The van der Waals surface area contributed by atoms with E-state index in [1.807, 2.05) is 44.2 Å². The Hall–Kier alpha value is -0.390. The van der Waals surface area contributed by atoms with Gasteiger partial charge >= 0.3 is 0 Å². The molecular formula is C13H20BrNO2S. The molecule has 102 valence electrons. The van der Waals surface area contributed by atoms with Crippen LogP contribution in [0.5, 0.6) is 0 Å². The summed E-state index contributed by atoms with van der Waals surface area (Å²) in [5, 5.41) is 0.787. The van der Waals surface area contributed by atoms with Crippen molar-refractivity contribution in [1.82, 2.24) is 4.72 Å². The van der Waals surface area contributed by atoms with Crippen LogP contribution in [0.1, 0.15) is 19.4 Å². The van der Waals surface area contributed by atoms with Crippen molar-refractivity contribution in [2.45, 2.75) is 26.3 Å². The Balaban J connectivity index is 2.50. The molecule has 1 rings (SSSR count). The molecule has 0 amide bonds. The van der Waals surface area contributed by atoms with Crippen molar-refractivity contribution in [3.8, 4) is 0 Å². The molecule has 3 nitrogen and oxygen atoms in total. The monoisotopic (exact) mass is 333 g/mol. The number of hydrogen-bond donors (Lipinski definition) is 1. The standard InChI is InChI=1S/C13H20BrNO2S/c1-11(10-14)12(2)15-18(16,17)9-8-13-6-4-3-5-7-13/h3-7,11-12,15H,8-10H2,1-2H3. The highest BCUT2D eigenvalue weighted by atomic mass is 79.9. The van der Waals surface area contributed by atoms with E-state index in [1.165, 1.54) is 0 Å². The van der Waals surface area contributed by atoms with Crippen molar-refractivity contribution in [2.24, 2.45) is 5.92 Å². The summed E-state index contributed by atoms with van der Waals surface area (Å²) in [6.45, 7) is 3.91. The van der Waals surface area contributed by atoms with Crippen LogP contribution in [0, 0.1) is 5.92 Å². The molecule has 0 bridgehead atoms. The van der Waals surface area contributed by atoms with Gasteiger partial charge < -0.3 is 0 Å². The number of rotatable bonds is 7. The lowest BCUT2D eigenvalue weighted by Gasteiger charge is -2.19. The molecule has 0 heterocycles. The van der Waals surface area contributed by atoms with Crippen LogP contribution in [-0.4, -0.2) is 25.5 Å². The average molecular weight is 334 g/mol. The number of hydrogen-bond acceptors (Lipinski definition) is 2. The van der Waals surface area contributed by atoms with Crippen LogP contribution in [-0.2, 0) is 16.4 Å². The van der Waals surface area contributed by atoms with Crippen LogP contribution in [0.4, 0.5) is 0 Å². The summed E-state index contributed by atoms with van der Waals surface area (Å²) in [5.74, 6) is 0.410. The first-order chi connectivity index (χ1) is 8.44. The predicted molar refractivity (Wildman–Crippen MR) is 79.5 cm³/mol. The van der Waals surface area contributed by atoms with Crippen LogP contribution >= 0.6 is 15.9 Å². The highest BCUT2D eigenvalue weighted by Crippen LogP contribution is 2.08. The third kappa shape index (κ3) is 5.50. The van der Waals surface area contributed by atoms with Gasteiger partial charge in [-0.3, -0.25) is 0 Å². The van der Waals surface area contributed by atoms with Crippen molar-refractivity contribution in [2.75, 3.05) is 11.1 Å². The fraction of sp³-hybridized carbons (Fsp3) is 0.538. The molecule has 0 spiro atoms. The van der Waals surface area contributed by atoms with E-state index in [9.17, 15) is 8.42 Å². The van der Waals surface area contributed by atoms with Gasteiger partial charge in [-0.25, -0.2) is 13.1 Å². The summed E-state index contributed by atoms with van der Waals surface area (Å²) in [7, 11) is -3.20. The zero-order valence-electron chi connectivity index (χ0n) is 10.8. The van der Waals surface area contributed by atoms with Crippen LogP contribution in [0.15, 0.2) is 30.3 Å². The molecule has 0 radical (unpaired) electrons. The molecular weight excluding hydrogens is 314 g/mol. The van der Waals surface area contributed by atoms with Gasteiger partial charge in [0.2, 0.25) is 10.0 Å². The number of halogens is 1. The van der Waals surface area contributed by atoms with E-state index >= 15 is 0 Å². The van der Waals surface area contributed by atoms with Gasteiger partial charge in [-0.05, 0) is 24.8 Å². The number of alkyl halides is 1. The highest BCUT2D eigenvalue weighted by Gasteiger charge is 2.18. The fourth-order valence-electron chi connectivity index (χ4n) is 1.49. The van der Waals surface area contributed by atoms with Gasteiger partial charge in [-0.2, -0.15) is 0 Å². The van der Waals surface area contributed by atoms with E-state index in [0.717, 1.165) is 10.9 Å². The molecule has 0 aromatic heterocycles. The molecule has 2 unspecified atom stereocenters. The van der Waals surface area contributed by atoms with Crippen LogP contribution < -0.4 is 4.72 Å². The Morgan fingerprint density at radius 1 is 1.22 bits per heavy atom. The predicted octanol–water partition coefficient (Wildman–Crippen LogP) is 2.57. The number of benzene rings is 1. The SMILES string of the molecule is CC(CBr)C(C)NS(=O)(=O)CCc1ccccc1. The maximum Gasteiger partial charge on any atom is 0.212 e. The summed E-state index contributed by atoms with van der Waals surface area (Å²) >= 11 is 3.36. The van der Waals surface area contributed by atoms with E-state index in [4.69, 9.17) is 0 Å². The number of nitrogens with one attached hydrogen (secondary N) is 1. The van der Waals surface area contributed by atoms with Gasteiger partial charge in [0.15, 0.2) is 0 Å². The molecule has 1 aromatic rings. The van der Waals surface area contributed by atoms with Gasteiger partial charge in [-0.15, -0.1) is 0 Å². The van der Waals surface area contributed by atoms with E-state index in [-0.39, 0.29) is 17.7 Å². The average Bonchev–Trinajstić information content (AvgIpc) is 2.36. The quantitative estimate of drug-likeness (QED) is 0.779. The van der Waals surface area contributed by atoms with Crippen molar-refractivity contribution in [3.05, 3.63) is 35.9 Å². The van der Waals surface area contributed by atoms with E-state index in [2.05, 4.69) is 20.7 Å². The summed E-state index contributed by atoms with van der Waals surface area (Å²) < 4.78 is 26.5. The second kappa shape index (κ2) is 7.26. The van der Waals surface area contributed by atoms with E-state index in [1.54, 1.807) is 0 Å². The molecule has 0 aliphatic heterocycles. The topological polar surface area (TPSA) is 46.2 Å². The molecule has 1 N–H and O–H groups in total. The van der Waals surface area contributed by atoms with Gasteiger partial charge in [-0.1, -0.05) is 53.2 Å². The highest BCUT2D eigenvalue weighted by molar-refractivity contribution is 9.09. The smallest absolute Gasteiger partial charge is 0.212 e. The van der Waals surface area contributed by atoms with Crippen LogP contribution in [0.25, 0.3) is 0 Å². The van der Waals surface area contributed by atoms with Crippen molar-refractivity contribution in [1.29, 1.82) is 0 Å². The van der Waals surface area contributed by atoms with Crippen LogP contribution in [0.2, 0.25) is 0 Å². The maximum atomic E-state index is 11.9. The summed E-state index contributed by atoms with van der Waals surface area (Å²) in [6.07, 6.45) is 0.547. The Morgan fingerprint density at radius 2 is 1.83 bits per heavy atom. The minimum absolute atomic E-state index is 0.0508. The van der Waals surface area contributed by atoms with Gasteiger partial charge in [0.25, 0.3) is 0 Å². The third-order valence-corrected chi connectivity index (χ3v) is 5.46. The minimum Gasteiger partial charge on any atom is -0.212 e. The van der Waals surface area contributed by atoms with Crippen molar-refractivity contribution in [3.63, 3.8) is 0 Å². The zero-order valence-corrected chi connectivity index (χ0v) is 13.2. The molecule has 5 heteroatoms. The normalized spacial score (nSPS) is 15.3. The summed E-state index contributed by atoms with van der Waals surface area (Å²) in [4.78, 5) is 0. The summed E-state index contributed by atoms with van der Waals surface area (Å²) in [6, 6.07) is 9.61. The Bertz CT molecular complexity index is 447. The van der Waals surface area contributed by atoms with Crippen molar-refractivity contribution >= 4 is 26.0 Å². The largest absolute Gasteiger partial charge is 0.212 e. The Labute approximate surface area is 118 Å². The first-order valence-corrected chi connectivity index (χ1v) is 8.82. The van der Waals surface area contributed by atoms with Crippen LogP contribution in [0.3, 0.4) is 0 Å². The molecule has 0 fully saturated rings. The third-order valence-electron chi connectivity index (χ3n) is 2.96. The second-order valence-electron chi connectivity index (χ2n) is 4.59. The summed E-state index contributed by atoms with van der Waals surface area (Å²) in [5.41, 5.74) is 1.05. The van der Waals surface area contributed by atoms with Gasteiger partial charge in [0, 0.05) is 11.4 Å². The first-order valence-electron chi connectivity index (χ1n) is 6.04. The lowest BCUT2D eigenvalue weighted by atomic mass is 10.1. The number of aryl methyl sites for hydroxylation is 1. The fourth-order valence-corrected chi connectivity index (χ4v) is 3.47. The molecule has 0 saturated carbocycles. The Kier molecular flexibility index (Phi) is 6.32. The minimum atomic E-state index is -3.20. The molecule has 0 aliphatic carbocycles. The molecule has 0 aliphatic rings. The number of sulfonamides is 1. The van der Waals surface area contributed by atoms with Gasteiger partial charge in [0.1, 0.15) is 0 Å². The Morgan fingerprint density at radius 3 is 2.39 bits per heavy atom. The molecule has 1 aromatic carbocycles. The maximum absolute atomic E-state index is 11.9. The zero-order chi connectivity index (χ0) is 13.6. The van der Waals surface area contributed by atoms with E-state index in [0.29, 0.717) is 6.42 Å². The van der Waals surface area contributed by atoms with E-state index < -0.39 is 10.0 Å².